The third kappa shape index (κ3) is 3.66. The second kappa shape index (κ2) is 6.08. The van der Waals surface area contributed by atoms with Crippen LogP contribution in [0.2, 0.25) is 0 Å². The van der Waals surface area contributed by atoms with Gasteiger partial charge in [-0.15, -0.1) is 11.6 Å². The van der Waals surface area contributed by atoms with E-state index in [1.807, 2.05) is 0 Å². The average Bonchev–Trinajstić information content (AvgIpc) is 2.29. The molecule has 0 fully saturated rings. The lowest BCUT2D eigenvalue weighted by atomic mass is 10.3. The van der Waals surface area contributed by atoms with Crippen LogP contribution in [0.15, 0.2) is 29.2 Å². The minimum Gasteiger partial charge on any atom is -0.388 e. The van der Waals surface area contributed by atoms with E-state index in [2.05, 4.69) is 10.0 Å². The Hall–Kier alpha value is -0.780. The van der Waals surface area contributed by atoms with E-state index in [4.69, 9.17) is 11.6 Å². The van der Waals surface area contributed by atoms with Crippen LogP contribution in [0, 0.1) is 0 Å². The molecule has 1 aromatic rings. The topological polar surface area (TPSA) is 58.2 Å². The summed E-state index contributed by atoms with van der Waals surface area (Å²) >= 11 is 5.47. The van der Waals surface area contributed by atoms with E-state index in [0.29, 0.717) is 18.8 Å². The highest BCUT2D eigenvalue weighted by Gasteiger charge is 2.12. The molecular weight excluding hydrogens is 248 g/mol. The van der Waals surface area contributed by atoms with Crippen molar-refractivity contribution in [3.8, 4) is 0 Å². The molecule has 0 amide bonds. The molecule has 0 saturated carbocycles. The van der Waals surface area contributed by atoms with Crippen LogP contribution < -0.4 is 10.0 Å². The fourth-order valence-electron chi connectivity index (χ4n) is 1.16. The van der Waals surface area contributed by atoms with Gasteiger partial charge in [0.15, 0.2) is 0 Å². The number of sulfonamides is 1. The molecule has 4 nitrogen and oxygen atoms in total. The van der Waals surface area contributed by atoms with Crippen LogP contribution in [0.4, 0.5) is 5.69 Å². The Morgan fingerprint density at radius 1 is 1.25 bits per heavy atom. The fourth-order valence-corrected chi connectivity index (χ4v) is 2.37. The maximum absolute atomic E-state index is 11.7. The van der Waals surface area contributed by atoms with E-state index in [1.165, 1.54) is 0 Å². The minimum absolute atomic E-state index is 0.265. The maximum Gasteiger partial charge on any atom is 0.240 e. The monoisotopic (exact) mass is 262 g/mol. The molecule has 1 aromatic carbocycles. The molecule has 0 saturated heterocycles. The average molecular weight is 263 g/mol. The van der Waals surface area contributed by atoms with Gasteiger partial charge >= 0.3 is 0 Å². The van der Waals surface area contributed by atoms with Crippen LogP contribution in [-0.2, 0) is 10.0 Å². The van der Waals surface area contributed by atoms with Crippen molar-refractivity contribution in [1.82, 2.24) is 4.72 Å². The summed E-state index contributed by atoms with van der Waals surface area (Å²) in [6, 6.07) is 6.57. The van der Waals surface area contributed by atoms with Crippen LogP contribution in [0.25, 0.3) is 0 Å². The number of hydrogen-bond donors (Lipinski definition) is 2. The Labute approximate surface area is 101 Å². The predicted molar refractivity (Wildman–Crippen MR) is 66.5 cm³/mol. The van der Waals surface area contributed by atoms with Crippen molar-refractivity contribution < 1.29 is 8.42 Å². The molecule has 16 heavy (non-hydrogen) atoms. The van der Waals surface area contributed by atoms with Crippen LogP contribution in [-0.4, -0.2) is 27.9 Å². The summed E-state index contributed by atoms with van der Waals surface area (Å²) in [4.78, 5) is 0.265. The van der Waals surface area contributed by atoms with Crippen molar-refractivity contribution in [1.29, 1.82) is 0 Å². The van der Waals surface area contributed by atoms with Gasteiger partial charge in [0.2, 0.25) is 10.0 Å². The quantitative estimate of drug-likeness (QED) is 0.605. The normalized spacial score (nSPS) is 11.4. The first-order valence-corrected chi connectivity index (χ1v) is 6.95. The zero-order valence-electron chi connectivity index (χ0n) is 9.03. The first kappa shape index (κ1) is 13.3. The lowest BCUT2D eigenvalue weighted by Gasteiger charge is -2.06. The van der Waals surface area contributed by atoms with Crippen molar-refractivity contribution in [3.63, 3.8) is 0 Å². The van der Waals surface area contributed by atoms with Gasteiger partial charge in [-0.1, -0.05) is 0 Å². The molecule has 0 unspecified atom stereocenters. The number of hydrogen-bond acceptors (Lipinski definition) is 3. The summed E-state index contributed by atoms with van der Waals surface area (Å²) in [6.45, 7) is 0.361. The number of alkyl halides is 1. The Morgan fingerprint density at radius 3 is 2.38 bits per heavy atom. The first-order chi connectivity index (χ1) is 7.60. The Balaban J connectivity index is 2.74. The number of anilines is 1. The summed E-state index contributed by atoms with van der Waals surface area (Å²) in [5, 5.41) is 2.93. The van der Waals surface area contributed by atoms with Crippen molar-refractivity contribution in [2.45, 2.75) is 11.3 Å². The zero-order chi connectivity index (χ0) is 12.0. The van der Waals surface area contributed by atoms with Gasteiger partial charge in [-0.3, -0.25) is 0 Å². The molecule has 1 rings (SSSR count). The molecule has 0 aliphatic heterocycles. The van der Waals surface area contributed by atoms with E-state index in [0.717, 1.165) is 5.69 Å². The minimum atomic E-state index is -3.39. The molecule has 2 N–H and O–H groups in total. The number of rotatable bonds is 6. The Bertz CT molecular complexity index is 417. The molecule has 0 radical (unpaired) electrons. The highest BCUT2D eigenvalue weighted by atomic mass is 35.5. The number of benzene rings is 1. The standard InChI is InChI=1S/C10H15ClN2O2S/c1-12-9-3-5-10(6-4-9)16(14,15)13-8-2-7-11/h3-6,12-13H,2,7-8H2,1H3. The summed E-state index contributed by atoms with van der Waals surface area (Å²) in [5.41, 5.74) is 0.875. The number of nitrogens with one attached hydrogen (secondary N) is 2. The van der Waals surface area contributed by atoms with Gasteiger partial charge in [-0.25, -0.2) is 13.1 Å². The SMILES string of the molecule is CNc1ccc(S(=O)(=O)NCCCCl)cc1. The smallest absolute Gasteiger partial charge is 0.240 e. The lowest BCUT2D eigenvalue weighted by molar-refractivity contribution is 0.581. The van der Waals surface area contributed by atoms with E-state index < -0.39 is 10.0 Å². The molecule has 0 spiro atoms. The summed E-state index contributed by atoms with van der Waals surface area (Å²) in [7, 11) is -1.61. The molecule has 0 atom stereocenters. The van der Waals surface area contributed by atoms with Gasteiger partial charge in [0.1, 0.15) is 0 Å². The molecular formula is C10H15ClN2O2S. The van der Waals surface area contributed by atoms with Crippen molar-refractivity contribution >= 4 is 27.3 Å². The summed E-state index contributed by atoms with van der Waals surface area (Å²) < 4.78 is 25.9. The molecule has 0 aliphatic rings. The number of halogens is 1. The van der Waals surface area contributed by atoms with Gasteiger partial charge in [0, 0.05) is 25.2 Å². The molecule has 0 aliphatic carbocycles. The van der Waals surface area contributed by atoms with Gasteiger partial charge in [0.25, 0.3) is 0 Å². The van der Waals surface area contributed by atoms with Gasteiger partial charge in [-0.05, 0) is 30.7 Å². The fraction of sp³-hybridized carbons (Fsp3) is 0.400. The maximum atomic E-state index is 11.7. The van der Waals surface area contributed by atoms with E-state index in [1.54, 1.807) is 31.3 Å². The second-order valence-corrected chi connectivity index (χ2v) is 5.36. The third-order valence-electron chi connectivity index (χ3n) is 2.06. The summed E-state index contributed by atoms with van der Waals surface area (Å²) in [5.74, 6) is 0.446. The van der Waals surface area contributed by atoms with Crippen molar-refractivity contribution in [3.05, 3.63) is 24.3 Å². The third-order valence-corrected chi connectivity index (χ3v) is 3.80. The van der Waals surface area contributed by atoms with Crippen LogP contribution in [0.1, 0.15) is 6.42 Å². The summed E-state index contributed by atoms with van der Waals surface area (Å²) in [6.07, 6.45) is 0.620. The predicted octanol–water partition coefficient (Wildman–Crippen LogP) is 1.64. The first-order valence-electron chi connectivity index (χ1n) is 4.93. The lowest BCUT2D eigenvalue weighted by Crippen LogP contribution is -2.24. The highest BCUT2D eigenvalue weighted by Crippen LogP contribution is 2.13. The molecule has 0 bridgehead atoms. The van der Waals surface area contributed by atoms with Gasteiger partial charge in [-0.2, -0.15) is 0 Å². The van der Waals surface area contributed by atoms with E-state index >= 15 is 0 Å². The second-order valence-electron chi connectivity index (χ2n) is 3.21. The largest absolute Gasteiger partial charge is 0.388 e. The van der Waals surface area contributed by atoms with Crippen LogP contribution >= 0.6 is 11.6 Å². The Kier molecular flexibility index (Phi) is 5.05. The van der Waals surface area contributed by atoms with Gasteiger partial charge in [0.05, 0.1) is 4.90 Å². The van der Waals surface area contributed by atoms with Crippen molar-refractivity contribution in [2.75, 3.05) is 24.8 Å². The molecule has 90 valence electrons. The molecule has 6 heteroatoms. The Morgan fingerprint density at radius 2 is 1.88 bits per heavy atom. The van der Waals surface area contributed by atoms with Crippen LogP contribution in [0.3, 0.4) is 0 Å². The molecule has 0 heterocycles. The van der Waals surface area contributed by atoms with Crippen LogP contribution in [0.5, 0.6) is 0 Å². The van der Waals surface area contributed by atoms with E-state index in [-0.39, 0.29) is 4.90 Å². The van der Waals surface area contributed by atoms with Crippen molar-refractivity contribution in [2.24, 2.45) is 0 Å². The zero-order valence-corrected chi connectivity index (χ0v) is 10.6. The van der Waals surface area contributed by atoms with Gasteiger partial charge < -0.3 is 5.32 Å². The molecule has 0 aromatic heterocycles. The van der Waals surface area contributed by atoms with E-state index in [9.17, 15) is 8.42 Å². The highest BCUT2D eigenvalue weighted by molar-refractivity contribution is 7.89.